The van der Waals surface area contributed by atoms with Crippen LogP contribution in [0.5, 0.6) is 0 Å². The quantitative estimate of drug-likeness (QED) is 0.770. The van der Waals surface area contributed by atoms with Crippen molar-refractivity contribution in [1.29, 1.82) is 0 Å². The van der Waals surface area contributed by atoms with Gasteiger partial charge in [-0.25, -0.2) is 13.5 Å². The Morgan fingerprint density at radius 3 is 2.69 bits per heavy atom. The molecule has 1 rings (SSSR count). The fourth-order valence-electron chi connectivity index (χ4n) is 1.54. The van der Waals surface area contributed by atoms with Gasteiger partial charge in [-0.05, 0) is 19.8 Å². The molecule has 1 heterocycles. The van der Waals surface area contributed by atoms with Gasteiger partial charge in [-0.15, -0.1) is 5.10 Å². The molecule has 0 aliphatic heterocycles. The van der Waals surface area contributed by atoms with E-state index in [1.54, 1.807) is 6.92 Å². The van der Waals surface area contributed by atoms with Gasteiger partial charge in [0.2, 0.25) is 0 Å². The fraction of sp³-hybridized carbons (Fsp3) is 0.778. The predicted molar refractivity (Wildman–Crippen MR) is 53.9 cm³/mol. The summed E-state index contributed by atoms with van der Waals surface area (Å²) in [5.74, 6) is 0. The van der Waals surface area contributed by atoms with Crippen molar-refractivity contribution in [2.24, 2.45) is 5.73 Å². The number of aliphatic hydroxyl groups excluding tert-OH is 1. The number of nitrogens with zero attached hydrogens (tertiary/aromatic N) is 3. The molecule has 0 saturated heterocycles. The van der Waals surface area contributed by atoms with Gasteiger partial charge in [-0.3, -0.25) is 0 Å². The minimum absolute atomic E-state index is 0.0345. The standard InChI is InChI=1S/C9H16F2N4O/c1-6(3-2-4-16)15-8(9(10)11)7(5-12)13-14-15/h6,9,16H,2-5,12H2,1H3. The van der Waals surface area contributed by atoms with Gasteiger partial charge in [0.05, 0.1) is 6.04 Å². The summed E-state index contributed by atoms with van der Waals surface area (Å²) < 4.78 is 26.8. The van der Waals surface area contributed by atoms with Crippen molar-refractivity contribution in [1.82, 2.24) is 15.0 Å². The highest BCUT2D eigenvalue weighted by Gasteiger charge is 2.23. The molecule has 0 fully saturated rings. The molecule has 92 valence electrons. The van der Waals surface area contributed by atoms with Gasteiger partial charge in [0, 0.05) is 13.2 Å². The van der Waals surface area contributed by atoms with Crippen molar-refractivity contribution >= 4 is 0 Å². The fourth-order valence-corrected chi connectivity index (χ4v) is 1.54. The second-order valence-electron chi connectivity index (χ2n) is 3.59. The van der Waals surface area contributed by atoms with Crippen molar-refractivity contribution < 1.29 is 13.9 Å². The van der Waals surface area contributed by atoms with E-state index in [2.05, 4.69) is 10.3 Å². The Labute approximate surface area is 92.2 Å². The zero-order valence-electron chi connectivity index (χ0n) is 9.11. The number of aliphatic hydroxyl groups is 1. The Hall–Kier alpha value is -1.08. The highest BCUT2D eigenvalue weighted by molar-refractivity contribution is 5.11. The molecule has 1 aromatic heterocycles. The van der Waals surface area contributed by atoms with Crippen LogP contribution in [0.2, 0.25) is 0 Å². The Bertz CT molecular complexity index is 329. The van der Waals surface area contributed by atoms with Crippen molar-refractivity contribution in [2.45, 2.75) is 38.8 Å². The van der Waals surface area contributed by atoms with Crippen LogP contribution in [0.15, 0.2) is 0 Å². The van der Waals surface area contributed by atoms with Gasteiger partial charge in [0.25, 0.3) is 6.43 Å². The lowest BCUT2D eigenvalue weighted by molar-refractivity contribution is 0.134. The molecule has 0 aliphatic carbocycles. The van der Waals surface area contributed by atoms with E-state index < -0.39 is 6.43 Å². The van der Waals surface area contributed by atoms with Crippen LogP contribution in [0, 0.1) is 0 Å². The molecule has 0 radical (unpaired) electrons. The number of nitrogens with two attached hydrogens (primary N) is 1. The van der Waals surface area contributed by atoms with E-state index in [1.165, 1.54) is 4.68 Å². The Balaban J connectivity index is 2.90. The number of halogens is 2. The Morgan fingerprint density at radius 2 is 2.19 bits per heavy atom. The lowest BCUT2D eigenvalue weighted by atomic mass is 10.2. The summed E-state index contributed by atoms with van der Waals surface area (Å²) in [5, 5.41) is 16.0. The summed E-state index contributed by atoms with van der Waals surface area (Å²) in [6, 6.07) is -0.219. The van der Waals surface area contributed by atoms with E-state index in [9.17, 15) is 8.78 Å². The molecular formula is C9H16F2N4O. The molecule has 7 heteroatoms. The number of hydrogen-bond acceptors (Lipinski definition) is 4. The van der Waals surface area contributed by atoms with Crippen molar-refractivity contribution in [3.05, 3.63) is 11.4 Å². The first-order valence-electron chi connectivity index (χ1n) is 5.14. The third kappa shape index (κ3) is 2.73. The highest BCUT2D eigenvalue weighted by Crippen LogP contribution is 2.25. The van der Waals surface area contributed by atoms with E-state index in [4.69, 9.17) is 10.8 Å². The maximum atomic E-state index is 12.8. The first kappa shape index (κ1) is 13.0. The molecule has 0 saturated carbocycles. The topological polar surface area (TPSA) is 77.0 Å². The molecule has 0 bridgehead atoms. The summed E-state index contributed by atoms with van der Waals surface area (Å²) in [5.41, 5.74) is 5.23. The minimum Gasteiger partial charge on any atom is -0.396 e. The lowest BCUT2D eigenvalue weighted by Gasteiger charge is -2.14. The van der Waals surface area contributed by atoms with Crippen LogP contribution < -0.4 is 5.73 Å². The minimum atomic E-state index is -2.63. The molecule has 0 spiro atoms. The molecule has 3 N–H and O–H groups in total. The van der Waals surface area contributed by atoms with Gasteiger partial charge in [0.1, 0.15) is 11.4 Å². The summed E-state index contributed by atoms with van der Waals surface area (Å²) in [7, 11) is 0. The summed E-state index contributed by atoms with van der Waals surface area (Å²) in [4.78, 5) is 0. The SMILES string of the molecule is CC(CCCO)n1nnc(CN)c1C(F)F. The van der Waals surface area contributed by atoms with E-state index in [1.807, 2.05) is 0 Å². The van der Waals surface area contributed by atoms with Gasteiger partial charge >= 0.3 is 0 Å². The maximum absolute atomic E-state index is 12.8. The zero-order chi connectivity index (χ0) is 12.1. The molecular weight excluding hydrogens is 218 g/mol. The Morgan fingerprint density at radius 1 is 1.50 bits per heavy atom. The molecule has 0 aromatic carbocycles. The molecule has 1 aromatic rings. The normalized spacial score (nSPS) is 13.4. The van der Waals surface area contributed by atoms with Crippen molar-refractivity contribution in [2.75, 3.05) is 6.61 Å². The van der Waals surface area contributed by atoms with Crippen LogP contribution in [0.25, 0.3) is 0 Å². The largest absolute Gasteiger partial charge is 0.396 e. The van der Waals surface area contributed by atoms with Crippen LogP contribution in [0.1, 0.15) is 43.6 Å². The third-order valence-corrected chi connectivity index (χ3v) is 2.40. The molecule has 1 atom stereocenters. The monoisotopic (exact) mass is 234 g/mol. The van der Waals surface area contributed by atoms with Gasteiger partial charge in [-0.2, -0.15) is 0 Å². The van der Waals surface area contributed by atoms with Crippen LogP contribution >= 0.6 is 0 Å². The van der Waals surface area contributed by atoms with Crippen LogP contribution in [-0.2, 0) is 6.54 Å². The van der Waals surface area contributed by atoms with E-state index in [0.717, 1.165) is 0 Å². The first-order chi connectivity index (χ1) is 7.61. The van der Waals surface area contributed by atoms with Crippen LogP contribution in [-0.4, -0.2) is 26.7 Å². The molecule has 1 unspecified atom stereocenters. The van der Waals surface area contributed by atoms with E-state index in [-0.39, 0.29) is 30.6 Å². The molecule has 5 nitrogen and oxygen atoms in total. The number of rotatable bonds is 6. The second-order valence-corrected chi connectivity index (χ2v) is 3.59. The van der Waals surface area contributed by atoms with Crippen molar-refractivity contribution in [3.8, 4) is 0 Å². The summed E-state index contributed by atoms with van der Waals surface area (Å²) >= 11 is 0. The number of hydrogen-bond donors (Lipinski definition) is 2. The van der Waals surface area contributed by atoms with Gasteiger partial charge < -0.3 is 10.8 Å². The second kappa shape index (κ2) is 5.86. The summed E-state index contributed by atoms with van der Waals surface area (Å²) in [6.07, 6.45) is -1.52. The predicted octanol–water partition coefficient (Wildman–Crippen LogP) is 1.01. The molecule has 0 aliphatic rings. The van der Waals surface area contributed by atoms with Crippen molar-refractivity contribution in [3.63, 3.8) is 0 Å². The smallest absolute Gasteiger partial charge is 0.281 e. The first-order valence-corrected chi connectivity index (χ1v) is 5.14. The summed E-state index contributed by atoms with van der Waals surface area (Å²) in [6.45, 7) is 1.75. The zero-order valence-corrected chi connectivity index (χ0v) is 9.11. The average Bonchev–Trinajstić information content (AvgIpc) is 2.69. The highest BCUT2D eigenvalue weighted by atomic mass is 19.3. The number of alkyl halides is 2. The molecule has 16 heavy (non-hydrogen) atoms. The van der Waals surface area contributed by atoms with Gasteiger partial charge in [-0.1, -0.05) is 5.21 Å². The molecule has 0 amide bonds. The maximum Gasteiger partial charge on any atom is 0.281 e. The number of aromatic nitrogens is 3. The van der Waals surface area contributed by atoms with E-state index >= 15 is 0 Å². The van der Waals surface area contributed by atoms with Crippen LogP contribution in [0.4, 0.5) is 8.78 Å². The average molecular weight is 234 g/mol. The Kier molecular flexibility index (Phi) is 4.75. The lowest BCUT2D eigenvalue weighted by Crippen LogP contribution is -2.13. The van der Waals surface area contributed by atoms with Gasteiger partial charge in [0.15, 0.2) is 0 Å². The van der Waals surface area contributed by atoms with E-state index in [0.29, 0.717) is 12.8 Å². The van der Waals surface area contributed by atoms with Crippen LogP contribution in [0.3, 0.4) is 0 Å². The third-order valence-electron chi connectivity index (χ3n) is 2.40.